The summed E-state index contributed by atoms with van der Waals surface area (Å²) in [6.07, 6.45) is 5.16. The molecule has 0 spiro atoms. The van der Waals surface area contributed by atoms with Crippen molar-refractivity contribution in [1.82, 2.24) is 9.80 Å². The molecule has 2 N–H and O–H groups in total. The molecule has 0 aromatic rings. The number of hydrogen-bond donors (Lipinski definition) is 1. The highest BCUT2D eigenvalue weighted by Crippen LogP contribution is 2.16. The fraction of sp³-hybridized carbons (Fsp3) is 1.00. The van der Waals surface area contributed by atoms with Crippen LogP contribution in [0.5, 0.6) is 0 Å². The van der Waals surface area contributed by atoms with Crippen LogP contribution in [0.25, 0.3) is 0 Å². The first-order valence-electron chi connectivity index (χ1n) is 6.29. The molecular formula is C12H27N3. The zero-order valence-electron chi connectivity index (χ0n) is 10.6. The van der Waals surface area contributed by atoms with Crippen molar-refractivity contribution in [2.45, 2.75) is 44.7 Å². The van der Waals surface area contributed by atoms with Gasteiger partial charge in [-0.15, -0.1) is 0 Å². The summed E-state index contributed by atoms with van der Waals surface area (Å²) in [6, 6.07) is 1.32. The van der Waals surface area contributed by atoms with Gasteiger partial charge in [0.1, 0.15) is 0 Å². The van der Waals surface area contributed by atoms with Gasteiger partial charge in [0.05, 0.1) is 0 Å². The Labute approximate surface area is 94.6 Å². The van der Waals surface area contributed by atoms with Crippen LogP contribution in [-0.4, -0.2) is 55.6 Å². The Bertz CT molecular complexity index is 172. The van der Waals surface area contributed by atoms with E-state index in [9.17, 15) is 0 Å². The minimum Gasteiger partial charge on any atom is -0.329 e. The predicted molar refractivity (Wildman–Crippen MR) is 66.0 cm³/mol. The lowest BCUT2D eigenvalue weighted by molar-refractivity contribution is 0.172. The number of rotatable bonds is 6. The molecule has 0 bridgehead atoms. The van der Waals surface area contributed by atoms with Gasteiger partial charge < -0.3 is 15.5 Å². The Hall–Kier alpha value is -0.120. The average molecular weight is 213 g/mol. The summed E-state index contributed by atoms with van der Waals surface area (Å²) in [5.41, 5.74) is 5.81. The topological polar surface area (TPSA) is 32.5 Å². The van der Waals surface area contributed by atoms with Crippen LogP contribution in [0, 0.1) is 0 Å². The maximum atomic E-state index is 5.81. The number of likely N-dealkylation sites (N-methyl/N-ethyl adjacent to an activating group) is 2. The molecule has 3 nitrogen and oxygen atoms in total. The molecule has 0 radical (unpaired) electrons. The van der Waals surface area contributed by atoms with Gasteiger partial charge in [0, 0.05) is 25.2 Å². The molecule has 0 aromatic heterocycles. The van der Waals surface area contributed by atoms with Crippen LogP contribution in [0.3, 0.4) is 0 Å². The van der Waals surface area contributed by atoms with E-state index >= 15 is 0 Å². The monoisotopic (exact) mass is 213 g/mol. The predicted octanol–water partition coefficient (Wildman–Crippen LogP) is 1.14. The highest BCUT2D eigenvalue weighted by Gasteiger charge is 2.24. The zero-order valence-corrected chi connectivity index (χ0v) is 10.6. The van der Waals surface area contributed by atoms with Gasteiger partial charge in [-0.05, 0) is 39.9 Å². The van der Waals surface area contributed by atoms with Crippen molar-refractivity contribution in [3.63, 3.8) is 0 Å². The molecule has 2 unspecified atom stereocenters. The second-order valence-corrected chi connectivity index (χ2v) is 4.89. The maximum Gasteiger partial charge on any atom is 0.0220 e. The Morgan fingerprint density at radius 2 is 2.27 bits per heavy atom. The molecule has 0 amide bonds. The molecule has 2 atom stereocenters. The summed E-state index contributed by atoms with van der Waals surface area (Å²) in [5, 5.41) is 0. The molecule has 1 fully saturated rings. The Balaban J connectivity index is 2.35. The van der Waals surface area contributed by atoms with Gasteiger partial charge >= 0.3 is 0 Å². The van der Waals surface area contributed by atoms with Crippen LogP contribution in [0.15, 0.2) is 0 Å². The van der Waals surface area contributed by atoms with E-state index in [4.69, 9.17) is 5.73 Å². The molecule has 15 heavy (non-hydrogen) atoms. The summed E-state index contributed by atoms with van der Waals surface area (Å²) < 4.78 is 0. The van der Waals surface area contributed by atoms with Gasteiger partial charge in [0.15, 0.2) is 0 Å². The number of likely N-dealkylation sites (tertiary alicyclic amines) is 1. The second kappa shape index (κ2) is 6.46. The molecule has 90 valence electrons. The minimum absolute atomic E-state index is 0.573. The Kier molecular flexibility index (Phi) is 5.58. The lowest BCUT2D eigenvalue weighted by Crippen LogP contribution is -2.44. The fourth-order valence-electron chi connectivity index (χ4n) is 2.54. The van der Waals surface area contributed by atoms with Crippen molar-refractivity contribution in [3.8, 4) is 0 Å². The molecule has 1 saturated heterocycles. The molecule has 0 saturated carbocycles. The molecular weight excluding hydrogens is 186 g/mol. The summed E-state index contributed by atoms with van der Waals surface area (Å²) >= 11 is 0. The zero-order chi connectivity index (χ0) is 11.3. The molecule has 1 rings (SSSR count). The third kappa shape index (κ3) is 3.74. The van der Waals surface area contributed by atoms with E-state index in [0.717, 1.165) is 12.6 Å². The first-order chi connectivity index (χ1) is 7.19. The lowest BCUT2D eigenvalue weighted by atomic mass is 10.1. The van der Waals surface area contributed by atoms with Crippen LogP contribution in [0.1, 0.15) is 32.6 Å². The fourth-order valence-corrected chi connectivity index (χ4v) is 2.54. The standard InChI is InChI=1S/C12H27N3/c1-4-6-11(9-13)15(3)10-12-7-5-8-14(12)2/h11-12H,4-10,13H2,1-3H3. The van der Waals surface area contributed by atoms with E-state index in [1.165, 1.54) is 38.8 Å². The summed E-state index contributed by atoms with van der Waals surface area (Å²) in [7, 11) is 4.46. The first-order valence-corrected chi connectivity index (χ1v) is 6.29. The minimum atomic E-state index is 0.573. The van der Waals surface area contributed by atoms with Gasteiger partial charge in [-0.25, -0.2) is 0 Å². The largest absolute Gasteiger partial charge is 0.329 e. The second-order valence-electron chi connectivity index (χ2n) is 4.89. The van der Waals surface area contributed by atoms with Crippen molar-refractivity contribution in [3.05, 3.63) is 0 Å². The van der Waals surface area contributed by atoms with Gasteiger partial charge in [0.25, 0.3) is 0 Å². The Morgan fingerprint density at radius 1 is 1.53 bits per heavy atom. The third-order valence-electron chi connectivity index (χ3n) is 3.69. The van der Waals surface area contributed by atoms with E-state index in [0.29, 0.717) is 6.04 Å². The Morgan fingerprint density at radius 3 is 2.73 bits per heavy atom. The average Bonchev–Trinajstić information content (AvgIpc) is 2.60. The molecule has 1 heterocycles. The van der Waals surface area contributed by atoms with Crippen molar-refractivity contribution < 1.29 is 0 Å². The van der Waals surface area contributed by atoms with E-state index in [1.54, 1.807) is 0 Å². The van der Waals surface area contributed by atoms with Gasteiger partial charge in [-0.2, -0.15) is 0 Å². The van der Waals surface area contributed by atoms with Gasteiger partial charge in [0.2, 0.25) is 0 Å². The first kappa shape index (κ1) is 12.9. The number of nitrogens with two attached hydrogens (primary N) is 1. The van der Waals surface area contributed by atoms with Crippen LogP contribution in [-0.2, 0) is 0 Å². The van der Waals surface area contributed by atoms with Gasteiger partial charge in [-0.1, -0.05) is 13.3 Å². The van der Waals surface area contributed by atoms with E-state index in [1.807, 2.05) is 0 Å². The molecule has 3 heteroatoms. The van der Waals surface area contributed by atoms with Crippen LogP contribution >= 0.6 is 0 Å². The summed E-state index contributed by atoms with van der Waals surface area (Å²) in [4.78, 5) is 4.94. The van der Waals surface area contributed by atoms with Crippen molar-refractivity contribution >= 4 is 0 Å². The highest BCUT2D eigenvalue weighted by molar-refractivity contribution is 4.81. The number of nitrogens with zero attached hydrogens (tertiary/aromatic N) is 2. The van der Waals surface area contributed by atoms with E-state index in [2.05, 4.69) is 30.8 Å². The lowest BCUT2D eigenvalue weighted by Gasteiger charge is -2.31. The van der Waals surface area contributed by atoms with Gasteiger partial charge in [-0.3, -0.25) is 0 Å². The van der Waals surface area contributed by atoms with Crippen LogP contribution in [0.4, 0.5) is 0 Å². The third-order valence-corrected chi connectivity index (χ3v) is 3.69. The number of hydrogen-bond acceptors (Lipinski definition) is 3. The summed E-state index contributed by atoms with van der Waals surface area (Å²) in [5.74, 6) is 0. The molecule has 1 aliphatic rings. The molecule has 0 aromatic carbocycles. The van der Waals surface area contributed by atoms with E-state index in [-0.39, 0.29) is 0 Å². The SMILES string of the molecule is CCCC(CN)N(C)CC1CCCN1C. The summed E-state index contributed by atoms with van der Waals surface area (Å²) in [6.45, 7) is 5.47. The van der Waals surface area contributed by atoms with Crippen LogP contribution < -0.4 is 5.73 Å². The van der Waals surface area contributed by atoms with Crippen LogP contribution in [0.2, 0.25) is 0 Å². The molecule has 1 aliphatic heterocycles. The van der Waals surface area contributed by atoms with Crippen molar-refractivity contribution in [1.29, 1.82) is 0 Å². The highest BCUT2D eigenvalue weighted by atomic mass is 15.2. The van der Waals surface area contributed by atoms with Crippen molar-refractivity contribution in [2.24, 2.45) is 5.73 Å². The maximum absolute atomic E-state index is 5.81. The van der Waals surface area contributed by atoms with E-state index < -0.39 is 0 Å². The normalized spacial score (nSPS) is 25.0. The smallest absolute Gasteiger partial charge is 0.0220 e. The quantitative estimate of drug-likeness (QED) is 0.718. The van der Waals surface area contributed by atoms with Crippen molar-refractivity contribution in [2.75, 3.05) is 33.7 Å². The molecule has 0 aliphatic carbocycles.